The van der Waals surface area contributed by atoms with Crippen molar-refractivity contribution >= 4 is 24.9 Å². The highest BCUT2D eigenvalue weighted by molar-refractivity contribution is 6.49. The third-order valence-corrected chi connectivity index (χ3v) is 4.83. The molecule has 0 radical (unpaired) electrons. The molecule has 2 aliphatic heterocycles. The van der Waals surface area contributed by atoms with Gasteiger partial charge in [-0.2, -0.15) is 0 Å². The standard InChI is InChI=1S/C14H21BClNO3/c1-13(2)14(3,4)20-15(19-13)12-11(18-9-5-6-9)10(16)7-8-17-12/h7-9,11-12H,5-6H2,1-4H3. The lowest BCUT2D eigenvalue weighted by molar-refractivity contribution is 0.00578. The van der Waals surface area contributed by atoms with Gasteiger partial charge in [0.2, 0.25) is 0 Å². The molecule has 110 valence electrons. The van der Waals surface area contributed by atoms with E-state index in [1.165, 1.54) is 0 Å². The molecule has 0 spiro atoms. The molecule has 20 heavy (non-hydrogen) atoms. The van der Waals surface area contributed by atoms with Gasteiger partial charge in [-0.15, -0.1) is 0 Å². The summed E-state index contributed by atoms with van der Waals surface area (Å²) in [5, 5.41) is 0.673. The van der Waals surface area contributed by atoms with Crippen LogP contribution in [0.15, 0.2) is 16.1 Å². The Hall–Kier alpha value is -0.355. The van der Waals surface area contributed by atoms with Gasteiger partial charge in [-0.25, -0.2) is 0 Å². The molecule has 1 saturated heterocycles. The Balaban J connectivity index is 1.78. The van der Waals surface area contributed by atoms with Crippen LogP contribution in [0.4, 0.5) is 0 Å². The third kappa shape index (κ3) is 2.57. The molecule has 0 bridgehead atoms. The lowest BCUT2D eigenvalue weighted by atomic mass is 9.74. The van der Waals surface area contributed by atoms with Gasteiger partial charge in [0.1, 0.15) is 12.0 Å². The number of ether oxygens (including phenoxy) is 1. The summed E-state index contributed by atoms with van der Waals surface area (Å²) in [6.45, 7) is 8.14. The van der Waals surface area contributed by atoms with Crippen molar-refractivity contribution in [3.63, 3.8) is 0 Å². The summed E-state index contributed by atoms with van der Waals surface area (Å²) >= 11 is 6.30. The first kappa shape index (κ1) is 14.6. The topological polar surface area (TPSA) is 40.0 Å². The van der Waals surface area contributed by atoms with Crippen molar-refractivity contribution in [2.45, 2.75) is 69.9 Å². The minimum Gasteiger partial charge on any atom is -0.402 e. The van der Waals surface area contributed by atoms with Crippen molar-refractivity contribution in [1.82, 2.24) is 0 Å². The number of nitrogens with zero attached hydrogens (tertiary/aromatic N) is 1. The van der Waals surface area contributed by atoms with E-state index in [2.05, 4.69) is 4.99 Å². The molecule has 2 fully saturated rings. The molecule has 2 unspecified atom stereocenters. The van der Waals surface area contributed by atoms with Gasteiger partial charge in [-0.3, -0.25) is 4.99 Å². The van der Waals surface area contributed by atoms with Gasteiger partial charge in [0.25, 0.3) is 0 Å². The van der Waals surface area contributed by atoms with E-state index in [4.69, 9.17) is 25.6 Å². The van der Waals surface area contributed by atoms with Crippen LogP contribution >= 0.6 is 11.6 Å². The summed E-state index contributed by atoms with van der Waals surface area (Å²) in [6, 6.07) is 0. The molecule has 0 amide bonds. The monoisotopic (exact) mass is 297 g/mol. The fourth-order valence-electron chi connectivity index (χ4n) is 2.35. The Labute approximate surface area is 125 Å². The number of allylic oxidation sites excluding steroid dienone is 1. The fraction of sp³-hybridized carbons (Fsp3) is 0.786. The second-order valence-electron chi connectivity index (χ2n) is 6.72. The van der Waals surface area contributed by atoms with E-state index in [0.717, 1.165) is 12.8 Å². The predicted molar refractivity (Wildman–Crippen MR) is 80.2 cm³/mol. The molecule has 1 saturated carbocycles. The predicted octanol–water partition coefficient (Wildman–Crippen LogP) is 2.74. The first-order valence-electron chi connectivity index (χ1n) is 7.20. The Bertz CT molecular complexity index is 443. The first-order valence-corrected chi connectivity index (χ1v) is 7.58. The lowest BCUT2D eigenvalue weighted by Gasteiger charge is -2.32. The van der Waals surface area contributed by atoms with E-state index in [-0.39, 0.29) is 23.2 Å². The van der Waals surface area contributed by atoms with Crippen LogP contribution in [-0.2, 0) is 14.0 Å². The zero-order valence-electron chi connectivity index (χ0n) is 12.4. The summed E-state index contributed by atoms with van der Waals surface area (Å²) in [7, 11) is -0.428. The van der Waals surface area contributed by atoms with E-state index in [1.54, 1.807) is 12.3 Å². The van der Waals surface area contributed by atoms with E-state index < -0.39 is 7.12 Å². The highest BCUT2D eigenvalue weighted by atomic mass is 35.5. The van der Waals surface area contributed by atoms with Crippen LogP contribution < -0.4 is 0 Å². The Kier molecular flexibility index (Phi) is 3.52. The van der Waals surface area contributed by atoms with Gasteiger partial charge in [0.05, 0.1) is 22.3 Å². The van der Waals surface area contributed by atoms with Crippen molar-refractivity contribution < 1.29 is 14.0 Å². The van der Waals surface area contributed by atoms with Gasteiger partial charge in [0, 0.05) is 6.21 Å². The molecule has 3 aliphatic rings. The van der Waals surface area contributed by atoms with Crippen molar-refractivity contribution in [1.29, 1.82) is 0 Å². The molecule has 4 nitrogen and oxygen atoms in total. The van der Waals surface area contributed by atoms with Gasteiger partial charge in [-0.05, 0) is 46.6 Å². The summed E-state index contributed by atoms with van der Waals surface area (Å²) in [5.41, 5.74) is -0.740. The maximum absolute atomic E-state index is 6.30. The van der Waals surface area contributed by atoms with Gasteiger partial charge in [0.15, 0.2) is 0 Å². The van der Waals surface area contributed by atoms with Crippen molar-refractivity contribution in [2.24, 2.45) is 4.99 Å². The molecule has 0 aromatic rings. The Morgan fingerprint density at radius 1 is 1.25 bits per heavy atom. The highest BCUT2D eigenvalue weighted by Gasteiger charge is 2.56. The minimum absolute atomic E-state index is 0.242. The second kappa shape index (κ2) is 4.84. The molecular weight excluding hydrogens is 276 g/mol. The molecule has 0 N–H and O–H groups in total. The SMILES string of the molecule is CC1(C)OB(C2N=CC=C(Cl)C2OC2CC2)OC1(C)C. The number of aliphatic imine (C=N–C) groups is 1. The third-order valence-electron chi connectivity index (χ3n) is 4.49. The average molecular weight is 298 g/mol. The van der Waals surface area contributed by atoms with Crippen molar-refractivity contribution in [2.75, 3.05) is 0 Å². The molecular formula is C14H21BClNO3. The van der Waals surface area contributed by atoms with E-state index in [9.17, 15) is 0 Å². The molecule has 1 aliphatic carbocycles. The molecule has 2 heterocycles. The number of hydrogen-bond acceptors (Lipinski definition) is 4. The normalized spacial score (nSPS) is 35.2. The number of dihydropyridines is 1. The summed E-state index contributed by atoms with van der Waals surface area (Å²) < 4.78 is 18.2. The average Bonchev–Trinajstić information content (AvgIpc) is 3.10. The number of halogens is 1. The zero-order valence-corrected chi connectivity index (χ0v) is 13.2. The van der Waals surface area contributed by atoms with Crippen LogP contribution in [0, 0.1) is 0 Å². The molecule has 2 atom stereocenters. The van der Waals surface area contributed by atoms with Crippen molar-refractivity contribution in [3.05, 3.63) is 11.1 Å². The summed E-state index contributed by atoms with van der Waals surface area (Å²) in [4.78, 5) is 4.49. The van der Waals surface area contributed by atoms with Crippen LogP contribution in [0.5, 0.6) is 0 Å². The smallest absolute Gasteiger partial charge is 0.402 e. The number of hydrogen-bond donors (Lipinski definition) is 0. The molecule has 6 heteroatoms. The largest absolute Gasteiger partial charge is 0.487 e. The van der Waals surface area contributed by atoms with Gasteiger partial charge >= 0.3 is 7.12 Å². The van der Waals surface area contributed by atoms with Crippen LogP contribution in [0.3, 0.4) is 0 Å². The Morgan fingerprint density at radius 2 is 1.85 bits per heavy atom. The lowest BCUT2D eigenvalue weighted by Crippen LogP contribution is -2.45. The van der Waals surface area contributed by atoms with Crippen molar-refractivity contribution in [3.8, 4) is 0 Å². The van der Waals surface area contributed by atoms with E-state index in [0.29, 0.717) is 11.1 Å². The van der Waals surface area contributed by atoms with E-state index >= 15 is 0 Å². The molecule has 3 rings (SSSR count). The summed E-state index contributed by atoms with van der Waals surface area (Å²) in [6.07, 6.45) is 5.74. The highest BCUT2D eigenvalue weighted by Crippen LogP contribution is 2.40. The maximum atomic E-state index is 6.30. The quantitative estimate of drug-likeness (QED) is 0.752. The first-order chi connectivity index (χ1) is 9.30. The molecule has 0 aromatic heterocycles. The second-order valence-corrected chi connectivity index (χ2v) is 7.16. The Morgan fingerprint density at radius 3 is 2.40 bits per heavy atom. The van der Waals surface area contributed by atoms with Crippen LogP contribution in [0.2, 0.25) is 0 Å². The minimum atomic E-state index is -0.428. The van der Waals surface area contributed by atoms with Crippen LogP contribution in [-0.4, -0.2) is 42.7 Å². The van der Waals surface area contributed by atoms with Crippen LogP contribution in [0.1, 0.15) is 40.5 Å². The molecule has 0 aromatic carbocycles. The number of rotatable bonds is 3. The van der Waals surface area contributed by atoms with E-state index in [1.807, 2.05) is 27.7 Å². The fourth-order valence-corrected chi connectivity index (χ4v) is 2.58. The maximum Gasteiger partial charge on any atom is 0.487 e. The van der Waals surface area contributed by atoms with Gasteiger partial charge < -0.3 is 14.0 Å². The zero-order chi connectivity index (χ0) is 14.5. The van der Waals surface area contributed by atoms with Crippen LogP contribution in [0.25, 0.3) is 0 Å². The summed E-state index contributed by atoms with van der Waals surface area (Å²) in [5.74, 6) is -0.242. The van der Waals surface area contributed by atoms with Gasteiger partial charge in [-0.1, -0.05) is 11.6 Å².